The van der Waals surface area contributed by atoms with Gasteiger partial charge in [0.25, 0.3) is 0 Å². The van der Waals surface area contributed by atoms with E-state index in [2.05, 4.69) is 53.7 Å². The van der Waals surface area contributed by atoms with E-state index in [1.54, 1.807) is 14.2 Å². The van der Waals surface area contributed by atoms with Gasteiger partial charge in [0.2, 0.25) is 0 Å². The fourth-order valence-corrected chi connectivity index (χ4v) is 2.24. The summed E-state index contributed by atoms with van der Waals surface area (Å²) in [7, 11) is 7.69. The minimum atomic E-state index is 0. The summed E-state index contributed by atoms with van der Waals surface area (Å²) in [5.74, 6) is 1.80. The van der Waals surface area contributed by atoms with Crippen molar-refractivity contribution in [2.24, 2.45) is 4.99 Å². The van der Waals surface area contributed by atoms with E-state index in [0.29, 0.717) is 0 Å². The van der Waals surface area contributed by atoms with Gasteiger partial charge in [-0.15, -0.1) is 24.0 Å². The average Bonchev–Trinajstić information content (AvgIpc) is 2.49. The Kier molecular flexibility index (Phi) is 11.9. The van der Waals surface area contributed by atoms with Crippen molar-refractivity contribution in [3.63, 3.8) is 0 Å². The first-order valence-corrected chi connectivity index (χ1v) is 7.79. The molecule has 132 valence electrons. The third-order valence-corrected chi connectivity index (χ3v) is 3.42. The van der Waals surface area contributed by atoms with Crippen LogP contribution in [0, 0.1) is 6.92 Å². The summed E-state index contributed by atoms with van der Waals surface area (Å²) in [6, 6.07) is 6.27. The predicted octanol–water partition coefficient (Wildman–Crippen LogP) is 2.28. The summed E-state index contributed by atoms with van der Waals surface area (Å²) in [5.41, 5.74) is 2.47. The molecule has 0 bridgehead atoms. The van der Waals surface area contributed by atoms with E-state index in [-0.39, 0.29) is 24.0 Å². The fraction of sp³-hybridized carbons (Fsp3) is 0.588. The van der Waals surface area contributed by atoms with Crippen molar-refractivity contribution in [2.75, 3.05) is 47.9 Å². The Labute approximate surface area is 157 Å². The summed E-state index contributed by atoms with van der Waals surface area (Å²) in [4.78, 5) is 6.43. The molecule has 0 unspecified atom stereocenters. The molecular formula is C17H31IN4O. The van der Waals surface area contributed by atoms with Crippen molar-refractivity contribution in [2.45, 2.75) is 19.8 Å². The molecule has 0 radical (unpaired) electrons. The number of methoxy groups -OCH3 is 1. The summed E-state index contributed by atoms with van der Waals surface area (Å²) in [5, 5.41) is 6.68. The van der Waals surface area contributed by atoms with Crippen LogP contribution in [-0.2, 0) is 6.42 Å². The summed E-state index contributed by atoms with van der Waals surface area (Å²) in [6.07, 6.45) is 2.00. The molecule has 23 heavy (non-hydrogen) atoms. The molecule has 1 aromatic rings. The molecule has 0 fully saturated rings. The number of hydrogen-bond donors (Lipinski definition) is 2. The molecule has 0 aliphatic heterocycles. The Morgan fingerprint density at radius 2 is 1.91 bits per heavy atom. The van der Waals surface area contributed by atoms with Gasteiger partial charge >= 0.3 is 0 Å². The van der Waals surface area contributed by atoms with Crippen LogP contribution in [0.3, 0.4) is 0 Å². The van der Waals surface area contributed by atoms with Crippen LogP contribution >= 0.6 is 24.0 Å². The number of benzene rings is 1. The summed E-state index contributed by atoms with van der Waals surface area (Å²) in [6.45, 7) is 4.92. The van der Waals surface area contributed by atoms with Crippen molar-refractivity contribution in [1.82, 2.24) is 15.5 Å². The van der Waals surface area contributed by atoms with Crippen LogP contribution in [0.1, 0.15) is 17.5 Å². The van der Waals surface area contributed by atoms with Gasteiger partial charge in [0.05, 0.1) is 7.11 Å². The van der Waals surface area contributed by atoms with E-state index in [0.717, 1.165) is 44.2 Å². The van der Waals surface area contributed by atoms with Gasteiger partial charge < -0.3 is 20.3 Å². The number of nitrogens with one attached hydrogen (secondary N) is 2. The predicted molar refractivity (Wildman–Crippen MR) is 109 cm³/mol. The lowest BCUT2D eigenvalue weighted by molar-refractivity contribution is 0.399. The van der Waals surface area contributed by atoms with E-state index in [9.17, 15) is 0 Å². The number of nitrogens with zero attached hydrogens (tertiary/aromatic N) is 2. The molecule has 0 atom stereocenters. The second kappa shape index (κ2) is 12.4. The van der Waals surface area contributed by atoms with E-state index in [4.69, 9.17) is 4.74 Å². The lowest BCUT2D eigenvalue weighted by atomic mass is 10.1. The van der Waals surface area contributed by atoms with Gasteiger partial charge in [-0.05, 0) is 52.0 Å². The molecule has 5 nitrogen and oxygen atoms in total. The molecule has 0 spiro atoms. The molecule has 0 saturated carbocycles. The van der Waals surface area contributed by atoms with Crippen LogP contribution < -0.4 is 15.4 Å². The summed E-state index contributed by atoms with van der Waals surface area (Å²) >= 11 is 0. The lowest BCUT2D eigenvalue weighted by Crippen LogP contribution is -2.39. The molecule has 0 aliphatic carbocycles. The first-order chi connectivity index (χ1) is 10.6. The second-order valence-electron chi connectivity index (χ2n) is 5.65. The van der Waals surface area contributed by atoms with Crippen LogP contribution in [0.4, 0.5) is 0 Å². The molecule has 1 rings (SSSR count). The molecule has 0 saturated heterocycles. The largest absolute Gasteiger partial charge is 0.496 e. The Balaban J connectivity index is 0.00000484. The molecule has 0 aromatic heterocycles. The van der Waals surface area contributed by atoms with E-state index < -0.39 is 0 Å². The zero-order valence-corrected chi connectivity index (χ0v) is 17.3. The number of aryl methyl sites for hydroxylation is 1. The van der Waals surface area contributed by atoms with Crippen LogP contribution in [-0.4, -0.2) is 58.7 Å². The zero-order valence-electron chi connectivity index (χ0n) is 15.0. The smallest absolute Gasteiger partial charge is 0.190 e. The maximum absolute atomic E-state index is 5.41. The fourth-order valence-electron chi connectivity index (χ4n) is 2.24. The second-order valence-corrected chi connectivity index (χ2v) is 5.65. The highest BCUT2D eigenvalue weighted by Gasteiger charge is 2.04. The first kappa shape index (κ1) is 22.0. The van der Waals surface area contributed by atoms with E-state index in [1.807, 2.05) is 6.07 Å². The SMILES string of the molecule is CN=C(NCCCN(C)C)NCCc1cc(C)ccc1OC.I. The number of rotatable bonds is 8. The van der Waals surface area contributed by atoms with Gasteiger partial charge in [0.15, 0.2) is 5.96 Å². The Bertz CT molecular complexity index is 478. The van der Waals surface area contributed by atoms with Crippen LogP contribution in [0.2, 0.25) is 0 Å². The first-order valence-electron chi connectivity index (χ1n) is 7.79. The number of halogens is 1. The van der Waals surface area contributed by atoms with Crippen LogP contribution in [0.15, 0.2) is 23.2 Å². The van der Waals surface area contributed by atoms with Crippen molar-refractivity contribution >= 4 is 29.9 Å². The number of guanidine groups is 1. The van der Waals surface area contributed by atoms with Crippen LogP contribution in [0.25, 0.3) is 0 Å². The maximum atomic E-state index is 5.41. The highest BCUT2D eigenvalue weighted by atomic mass is 127. The van der Waals surface area contributed by atoms with Gasteiger partial charge in [-0.1, -0.05) is 17.7 Å². The Hall–Kier alpha value is -1.02. The van der Waals surface area contributed by atoms with Crippen molar-refractivity contribution in [3.05, 3.63) is 29.3 Å². The van der Waals surface area contributed by atoms with Gasteiger partial charge in [0, 0.05) is 20.1 Å². The third kappa shape index (κ3) is 9.00. The molecule has 1 aromatic carbocycles. The van der Waals surface area contributed by atoms with E-state index >= 15 is 0 Å². The van der Waals surface area contributed by atoms with Crippen molar-refractivity contribution in [1.29, 1.82) is 0 Å². The van der Waals surface area contributed by atoms with Gasteiger partial charge in [-0.25, -0.2) is 0 Å². The van der Waals surface area contributed by atoms with Crippen molar-refractivity contribution in [3.8, 4) is 5.75 Å². The zero-order chi connectivity index (χ0) is 16.4. The lowest BCUT2D eigenvalue weighted by Gasteiger charge is -2.14. The highest BCUT2D eigenvalue weighted by molar-refractivity contribution is 14.0. The topological polar surface area (TPSA) is 48.9 Å². The maximum Gasteiger partial charge on any atom is 0.190 e. The quantitative estimate of drug-likeness (QED) is 0.285. The number of hydrogen-bond acceptors (Lipinski definition) is 3. The normalized spacial score (nSPS) is 11.1. The third-order valence-electron chi connectivity index (χ3n) is 3.42. The van der Waals surface area contributed by atoms with Crippen LogP contribution in [0.5, 0.6) is 5.75 Å². The monoisotopic (exact) mass is 434 g/mol. The average molecular weight is 434 g/mol. The van der Waals surface area contributed by atoms with Crippen molar-refractivity contribution < 1.29 is 4.74 Å². The minimum Gasteiger partial charge on any atom is -0.496 e. The molecule has 0 aliphatic rings. The number of ether oxygens (including phenoxy) is 1. The molecule has 2 N–H and O–H groups in total. The standard InChI is InChI=1S/C17H30N4O.HI/c1-14-7-8-16(22-5)15(13-14)9-11-20-17(18-2)19-10-6-12-21(3)4;/h7-8,13H,6,9-12H2,1-5H3,(H2,18,19,20);1H. The number of aliphatic imine (C=N–C) groups is 1. The molecular weight excluding hydrogens is 403 g/mol. The minimum absolute atomic E-state index is 0. The Morgan fingerprint density at radius 3 is 2.52 bits per heavy atom. The molecule has 6 heteroatoms. The molecule has 0 amide bonds. The summed E-state index contributed by atoms with van der Waals surface area (Å²) < 4.78 is 5.41. The van der Waals surface area contributed by atoms with Gasteiger partial charge in [0.1, 0.15) is 5.75 Å². The highest BCUT2D eigenvalue weighted by Crippen LogP contribution is 2.19. The Morgan fingerprint density at radius 1 is 1.22 bits per heavy atom. The molecule has 0 heterocycles. The van der Waals surface area contributed by atoms with E-state index in [1.165, 1.54) is 11.1 Å². The van der Waals surface area contributed by atoms with Gasteiger partial charge in [-0.2, -0.15) is 0 Å². The van der Waals surface area contributed by atoms with Gasteiger partial charge in [-0.3, -0.25) is 4.99 Å².